The first kappa shape index (κ1) is 17.5. The van der Waals surface area contributed by atoms with Crippen molar-refractivity contribution in [2.45, 2.75) is 78.2 Å². The Labute approximate surface area is 125 Å². The van der Waals surface area contributed by atoms with E-state index in [-0.39, 0.29) is 17.9 Å². The zero-order chi connectivity index (χ0) is 15.0. The Morgan fingerprint density at radius 3 is 2.50 bits per heavy atom. The van der Waals surface area contributed by atoms with Gasteiger partial charge in [-0.3, -0.25) is 4.79 Å². The van der Waals surface area contributed by atoms with Crippen LogP contribution in [0.25, 0.3) is 0 Å². The maximum absolute atomic E-state index is 12.1. The average molecular weight is 282 g/mol. The smallest absolute Gasteiger partial charge is 0.223 e. The van der Waals surface area contributed by atoms with E-state index in [9.17, 15) is 4.79 Å². The lowest BCUT2D eigenvalue weighted by atomic mass is 9.79. The highest BCUT2D eigenvalue weighted by Gasteiger charge is 2.28. The summed E-state index contributed by atoms with van der Waals surface area (Å²) in [5.74, 6) is 1.78. The van der Waals surface area contributed by atoms with Gasteiger partial charge in [0.2, 0.25) is 5.91 Å². The molecular formula is C17H34N2O. The van der Waals surface area contributed by atoms with E-state index < -0.39 is 0 Å². The normalized spacial score (nSPS) is 26.8. The number of nitrogens with one attached hydrogen (secondary N) is 1. The van der Waals surface area contributed by atoms with Crippen LogP contribution in [0, 0.1) is 17.8 Å². The van der Waals surface area contributed by atoms with Crippen LogP contribution >= 0.6 is 0 Å². The summed E-state index contributed by atoms with van der Waals surface area (Å²) in [7, 11) is 0. The minimum Gasteiger partial charge on any atom is -0.356 e. The first-order valence-electron chi connectivity index (χ1n) is 8.52. The van der Waals surface area contributed by atoms with Crippen LogP contribution in [0.4, 0.5) is 0 Å². The summed E-state index contributed by atoms with van der Waals surface area (Å²) in [5, 5.41) is 3.10. The molecule has 1 aliphatic carbocycles. The van der Waals surface area contributed by atoms with Crippen LogP contribution in [0.3, 0.4) is 0 Å². The van der Waals surface area contributed by atoms with Gasteiger partial charge in [-0.05, 0) is 37.5 Å². The van der Waals surface area contributed by atoms with E-state index in [2.05, 4.69) is 26.1 Å². The van der Waals surface area contributed by atoms with E-state index in [1.807, 2.05) is 0 Å². The molecule has 0 heterocycles. The molecule has 0 radical (unpaired) electrons. The minimum absolute atomic E-state index is 0.148. The van der Waals surface area contributed by atoms with Crippen LogP contribution in [-0.2, 0) is 4.79 Å². The Morgan fingerprint density at radius 1 is 1.15 bits per heavy atom. The number of carbonyl (C=O) groups excluding carboxylic acids is 1. The Kier molecular flexibility index (Phi) is 8.20. The van der Waals surface area contributed by atoms with E-state index in [0.717, 1.165) is 38.1 Å². The highest BCUT2D eigenvalue weighted by molar-refractivity contribution is 5.78. The molecule has 118 valence electrons. The molecule has 1 saturated carbocycles. The molecule has 1 rings (SSSR count). The maximum atomic E-state index is 12.1. The quantitative estimate of drug-likeness (QED) is 0.670. The van der Waals surface area contributed by atoms with Gasteiger partial charge >= 0.3 is 0 Å². The standard InChI is InChI=1S/C17H34N2O/c1-13(2)8-6-4-5-7-9-19-17(20)15-10-14(3)11-16(18)12-15/h13-16H,4-12,18H2,1-3H3,(H,19,20). The Bertz CT molecular complexity index is 268. The number of hydrogen-bond acceptors (Lipinski definition) is 2. The fraction of sp³-hybridized carbons (Fsp3) is 0.941. The van der Waals surface area contributed by atoms with Gasteiger partial charge in [0.25, 0.3) is 0 Å². The van der Waals surface area contributed by atoms with Crippen molar-refractivity contribution < 1.29 is 4.79 Å². The van der Waals surface area contributed by atoms with Gasteiger partial charge in [-0.15, -0.1) is 0 Å². The van der Waals surface area contributed by atoms with Gasteiger partial charge in [-0.2, -0.15) is 0 Å². The number of unbranched alkanes of at least 4 members (excludes halogenated alkanes) is 3. The number of rotatable bonds is 8. The van der Waals surface area contributed by atoms with Crippen LogP contribution < -0.4 is 11.1 Å². The van der Waals surface area contributed by atoms with Crippen molar-refractivity contribution in [1.29, 1.82) is 0 Å². The largest absolute Gasteiger partial charge is 0.356 e. The van der Waals surface area contributed by atoms with Gasteiger partial charge in [0, 0.05) is 18.5 Å². The molecule has 1 aliphatic rings. The molecule has 3 unspecified atom stereocenters. The van der Waals surface area contributed by atoms with Crippen molar-refractivity contribution in [3.05, 3.63) is 0 Å². The average Bonchev–Trinajstić information content (AvgIpc) is 2.35. The number of amides is 1. The molecule has 20 heavy (non-hydrogen) atoms. The number of nitrogens with two attached hydrogens (primary N) is 1. The second kappa shape index (κ2) is 9.38. The van der Waals surface area contributed by atoms with E-state index in [1.54, 1.807) is 0 Å². The molecule has 0 spiro atoms. The van der Waals surface area contributed by atoms with Crippen LogP contribution in [0.1, 0.15) is 72.1 Å². The summed E-state index contributed by atoms with van der Waals surface area (Å²) < 4.78 is 0. The molecule has 1 fully saturated rings. The van der Waals surface area contributed by atoms with Gasteiger partial charge in [0.05, 0.1) is 0 Å². The third-order valence-electron chi connectivity index (χ3n) is 4.36. The monoisotopic (exact) mass is 282 g/mol. The highest BCUT2D eigenvalue weighted by Crippen LogP contribution is 2.28. The number of hydrogen-bond donors (Lipinski definition) is 2. The molecule has 1 amide bonds. The summed E-state index contributed by atoms with van der Waals surface area (Å²) in [6.45, 7) is 7.58. The highest BCUT2D eigenvalue weighted by atomic mass is 16.1. The third-order valence-corrected chi connectivity index (χ3v) is 4.36. The van der Waals surface area contributed by atoms with E-state index in [0.29, 0.717) is 5.92 Å². The fourth-order valence-electron chi connectivity index (χ4n) is 3.26. The molecule has 3 atom stereocenters. The predicted molar refractivity (Wildman–Crippen MR) is 85.4 cm³/mol. The second-order valence-electron chi connectivity index (χ2n) is 7.16. The van der Waals surface area contributed by atoms with Gasteiger partial charge in [0.1, 0.15) is 0 Å². The molecule has 3 N–H and O–H groups in total. The molecule has 0 aromatic rings. The van der Waals surface area contributed by atoms with Gasteiger partial charge in [0.15, 0.2) is 0 Å². The topological polar surface area (TPSA) is 55.1 Å². The van der Waals surface area contributed by atoms with Crippen LogP contribution in [0.2, 0.25) is 0 Å². The van der Waals surface area contributed by atoms with Gasteiger partial charge in [-0.1, -0.05) is 46.5 Å². The van der Waals surface area contributed by atoms with Crippen molar-refractivity contribution in [3.8, 4) is 0 Å². The maximum Gasteiger partial charge on any atom is 0.223 e. The fourth-order valence-corrected chi connectivity index (χ4v) is 3.26. The molecule has 3 heteroatoms. The zero-order valence-corrected chi connectivity index (χ0v) is 13.7. The molecule has 0 aromatic heterocycles. The number of carbonyl (C=O) groups is 1. The summed E-state index contributed by atoms with van der Waals surface area (Å²) in [6.07, 6.45) is 9.22. The van der Waals surface area contributed by atoms with Crippen LogP contribution in [0.5, 0.6) is 0 Å². The summed E-state index contributed by atoms with van der Waals surface area (Å²) in [6, 6.07) is 0.213. The van der Waals surface area contributed by atoms with E-state index >= 15 is 0 Å². The SMILES string of the molecule is CC(C)CCCCCCNC(=O)C1CC(C)CC(N)C1. The van der Waals surface area contributed by atoms with E-state index in [1.165, 1.54) is 25.7 Å². The lowest BCUT2D eigenvalue weighted by Gasteiger charge is -2.30. The second-order valence-corrected chi connectivity index (χ2v) is 7.16. The van der Waals surface area contributed by atoms with Crippen molar-refractivity contribution in [1.82, 2.24) is 5.32 Å². The Balaban J connectivity index is 2.05. The van der Waals surface area contributed by atoms with Crippen molar-refractivity contribution in [3.63, 3.8) is 0 Å². The third kappa shape index (κ3) is 7.28. The summed E-state index contributed by atoms with van der Waals surface area (Å²) in [4.78, 5) is 12.1. The molecule has 0 aromatic carbocycles. The van der Waals surface area contributed by atoms with Crippen LogP contribution in [-0.4, -0.2) is 18.5 Å². The molecular weight excluding hydrogens is 248 g/mol. The van der Waals surface area contributed by atoms with Crippen molar-refractivity contribution in [2.24, 2.45) is 23.5 Å². The lowest BCUT2D eigenvalue weighted by molar-refractivity contribution is -0.126. The van der Waals surface area contributed by atoms with Gasteiger partial charge < -0.3 is 11.1 Å². The van der Waals surface area contributed by atoms with Crippen molar-refractivity contribution >= 4 is 5.91 Å². The molecule has 0 saturated heterocycles. The van der Waals surface area contributed by atoms with Crippen molar-refractivity contribution in [2.75, 3.05) is 6.54 Å². The van der Waals surface area contributed by atoms with Gasteiger partial charge in [-0.25, -0.2) is 0 Å². The molecule has 3 nitrogen and oxygen atoms in total. The summed E-state index contributed by atoms with van der Waals surface area (Å²) in [5.41, 5.74) is 6.01. The van der Waals surface area contributed by atoms with E-state index in [4.69, 9.17) is 5.73 Å². The minimum atomic E-state index is 0.148. The summed E-state index contributed by atoms with van der Waals surface area (Å²) >= 11 is 0. The lowest BCUT2D eigenvalue weighted by Crippen LogP contribution is -2.40. The first-order chi connectivity index (χ1) is 9.49. The molecule has 0 aliphatic heterocycles. The van der Waals surface area contributed by atoms with Crippen LogP contribution in [0.15, 0.2) is 0 Å². The predicted octanol–water partition coefficient (Wildman–Crippen LogP) is 3.47. The molecule has 0 bridgehead atoms. The zero-order valence-electron chi connectivity index (χ0n) is 13.7. The Hall–Kier alpha value is -0.570. The first-order valence-corrected chi connectivity index (χ1v) is 8.52. The Morgan fingerprint density at radius 2 is 1.85 bits per heavy atom.